The van der Waals surface area contributed by atoms with E-state index in [9.17, 15) is 0 Å². The molecule has 0 bridgehead atoms. The summed E-state index contributed by atoms with van der Waals surface area (Å²) >= 11 is 0. The zero-order valence-corrected chi connectivity index (χ0v) is 26.6. The number of hydrogen-bond acceptors (Lipinski definition) is 6. The SMILES string of the molecule is Cl.c1coc(C(=Nc2ccc3ccn(CCCN4CCOCC4)c3c2)Nc2ccc3ccn(CCCN4CCOCC4)c3c2)c1. The maximum absolute atomic E-state index is 5.82. The minimum Gasteiger partial charge on any atom is -0.461 e. The number of halogens is 1. The minimum atomic E-state index is 0. The van der Waals surface area contributed by atoms with Crippen LogP contribution in [0.25, 0.3) is 21.8 Å². The predicted octanol–water partition coefficient (Wildman–Crippen LogP) is 6.25. The first-order valence-electron chi connectivity index (χ1n) is 16.0. The molecule has 2 saturated heterocycles. The Bertz CT molecular complexity index is 1680. The number of aromatic nitrogens is 2. The van der Waals surface area contributed by atoms with E-state index < -0.39 is 0 Å². The summed E-state index contributed by atoms with van der Waals surface area (Å²) in [5, 5.41) is 6.03. The van der Waals surface area contributed by atoms with E-state index in [1.165, 1.54) is 21.8 Å². The van der Waals surface area contributed by atoms with Crippen LogP contribution in [0.3, 0.4) is 0 Å². The number of fused-ring (bicyclic) bond motifs is 2. The van der Waals surface area contributed by atoms with Crippen LogP contribution in [0.5, 0.6) is 0 Å². The van der Waals surface area contributed by atoms with Crippen LogP contribution in [0.2, 0.25) is 0 Å². The van der Waals surface area contributed by atoms with E-state index >= 15 is 0 Å². The molecule has 5 aromatic rings. The number of ether oxygens (including phenoxy) is 2. The smallest absolute Gasteiger partial charge is 0.174 e. The molecule has 3 aromatic heterocycles. The number of aliphatic imine (C=N–C) groups is 1. The molecule has 2 aromatic carbocycles. The van der Waals surface area contributed by atoms with Crippen molar-refractivity contribution in [2.24, 2.45) is 4.99 Å². The van der Waals surface area contributed by atoms with Crippen LogP contribution in [-0.4, -0.2) is 90.5 Å². The molecule has 0 atom stereocenters. The maximum atomic E-state index is 5.82. The molecule has 45 heavy (non-hydrogen) atoms. The molecule has 2 fully saturated rings. The fourth-order valence-corrected chi connectivity index (χ4v) is 6.30. The Balaban J connectivity index is 0.00000357. The summed E-state index contributed by atoms with van der Waals surface area (Å²) in [5.74, 6) is 1.39. The van der Waals surface area contributed by atoms with Gasteiger partial charge in [0.15, 0.2) is 11.6 Å². The van der Waals surface area contributed by atoms with E-state index in [1.807, 2.05) is 12.1 Å². The van der Waals surface area contributed by atoms with Crippen LogP contribution in [0.15, 0.2) is 88.7 Å². The van der Waals surface area contributed by atoms with Crippen LogP contribution in [0.1, 0.15) is 18.6 Å². The molecule has 238 valence electrons. The molecular weight excluding hydrogens is 588 g/mol. The van der Waals surface area contributed by atoms with Crippen LogP contribution < -0.4 is 5.32 Å². The Morgan fingerprint density at radius 1 is 0.689 bits per heavy atom. The van der Waals surface area contributed by atoms with Gasteiger partial charge < -0.3 is 28.3 Å². The molecule has 0 aliphatic carbocycles. The van der Waals surface area contributed by atoms with Crippen molar-refractivity contribution in [3.8, 4) is 0 Å². The number of nitrogens with zero attached hydrogens (tertiary/aromatic N) is 5. The predicted molar refractivity (Wildman–Crippen MR) is 183 cm³/mol. The molecule has 0 unspecified atom stereocenters. The van der Waals surface area contributed by atoms with Crippen molar-refractivity contribution in [1.29, 1.82) is 0 Å². The number of hydrogen-bond donors (Lipinski definition) is 1. The third kappa shape index (κ3) is 7.80. The lowest BCUT2D eigenvalue weighted by atomic mass is 10.2. The Labute approximate surface area is 270 Å². The third-order valence-corrected chi connectivity index (χ3v) is 8.74. The van der Waals surface area contributed by atoms with E-state index in [0.29, 0.717) is 11.6 Å². The highest BCUT2D eigenvalue weighted by molar-refractivity contribution is 6.08. The number of rotatable bonds is 11. The standard InChI is InChI=1S/C35H42N6O3.ClH/c1-4-34(44-21-1)35(36-30-7-5-28-9-15-40(32(28)26-30)13-2-11-38-17-22-42-23-18-38)37-31-8-6-29-10-16-41(33(29)27-31)14-3-12-39-19-24-43-25-20-39;/h1,4-10,15-16,21,26-27H,2-3,11-14,17-20,22-25H2,(H,36,37);1H. The molecule has 0 spiro atoms. The number of anilines is 1. The van der Waals surface area contributed by atoms with Crippen molar-refractivity contribution >= 4 is 51.4 Å². The molecule has 10 heteroatoms. The second kappa shape index (κ2) is 15.1. The van der Waals surface area contributed by atoms with E-state index in [1.54, 1.807) is 6.26 Å². The van der Waals surface area contributed by atoms with Crippen molar-refractivity contribution in [3.05, 3.63) is 85.1 Å². The van der Waals surface area contributed by atoms with Crippen LogP contribution in [-0.2, 0) is 22.6 Å². The summed E-state index contributed by atoms with van der Waals surface area (Å²) in [6.45, 7) is 11.6. The molecular formula is C35H43ClN6O3. The van der Waals surface area contributed by atoms with Gasteiger partial charge in [-0.25, -0.2) is 4.99 Å². The van der Waals surface area contributed by atoms with Crippen LogP contribution in [0.4, 0.5) is 11.4 Å². The summed E-state index contributed by atoms with van der Waals surface area (Å²) in [4.78, 5) is 10.1. The van der Waals surface area contributed by atoms with Gasteiger partial charge >= 0.3 is 0 Å². The lowest BCUT2D eigenvalue weighted by Crippen LogP contribution is -2.37. The highest BCUT2D eigenvalue weighted by Gasteiger charge is 2.13. The molecule has 7 rings (SSSR count). The summed E-state index contributed by atoms with van der Waals surface area (Å²) in [5.41, 5.74) is 4.28. The van der Waals surface area contributed by atoms with Gasteiger partial charge in [0, 0.05) is 70.4 Å². The molecule has 0 amide bonds. The van der Waals surface area contributed by atoms with Gasteiger partial charge in [0.2, 0.25) is 0 Å². The van der Waals surface area contributed by atoms with Crippen molar-refractivity contribution in [1.82, 2.24) is 18.9 Å². The minimum absolute atomic E-state index is 0. The van der Waals surface area contributed by atoms with Gasteiger partial charge in [0.05, 0.1) is 49.4 Å². The average molecular weight is 631 g/mol. The topological polar surface area (TPSA) is 72.3 Å². The normalized spacial score (nSPS) is 16.8. The highest BCUT2D eigenvalue weighted by Crippen LogP contribution is 2.26. The molecule has 2 aliphatic heterocycles. The van der Waals surface area contributed by atoms with Gasteiger partial charge in [-0.15, -0.1) is 12.4 Å². The molecule has 9 nitrogen and oxygen atoms in total. The van der Waals surface area contributed by atoms with Crippen molar-refractivity contribution in [3.63, 3.8) is 0 Å². The van der Waals surface area contributed by atoms with Gasteiger partial charge in [0.1, 0.15) is 0 Å². The first-order valence-corrected chi connectivity index (χ1v) is 16.0. The summed E-state index contributed by atoms with van der Waals surface area (Å²) in [7, 11) is 0. The summed E-state index contributed by atoms with van der Waals surface area (Å²) in [6.07, 6.45) is 8.29. The van der Waals surface area contributed by atoms with Gasteiger partial charge in [-0.1, -0.05) is 12.1 Å². The maximum Gasteiger partial charge on any atom is 0.174 e. The fourth-order valence-electron chi connectivity index (χ4n) is 6.30. The Hall–Kier alpha value is -3.60. The molecule has 5 heterocycles. The molecule has 2 aliphatic rings. The second-order valence-corrected chi connectivity index (χ2v) is 11.7. The number of nitrogens with one attached hydrogen (secondary N) is 1. The van der Waals surface area contributed by atoms with Gasteiger partial charge in [-0.2, -0.15) is 0 Å². The fraction of sp³-hybridized carbons (Fsp3) is 0.400. The lowest BCUT2D eigenvalue weighted by Gasteiger charge is -2.26. The number of benzene rings is 2. The lowest BCUT2D eigenvalue weighted by molar-refractivity contribution is 0.0369. The molecule has 0 saturated carbocycles. The monoisotopic (exact) mass is 630 g/mol. The number of amidine groups is 1. The van der Waals surface area contributed by atoms with E-state index in [2.05, 4.69) is 85.2 Å². The van der Waals surface area contributed by atoms with Crippen LogP contribution in [0, 0.1) is 0 Å². The first-order chi connectivity index (χ1) is 21.8. The van der Waals surface area contributed by atoms with Gasteiger partial charge in [0.25, 0.3) is 0 Å². The zero-order chi connectivity index (χ0) is 29.6. The number of morpholine rings is 2. The third-order valence-electron chi connectivity index (χ3n) is 8.74. The summed E-state index contributed by atoms with van der Waals surface area (Å²) in [6, 6.07) is 21.1. The van der Waals surface area contributed by atoms with Crippen molar-refractivity contribution in [2.45, 2.75) is 25.9 Å². The van der Waals surface area contributed by atoms with Crippen molar-refractivity contribution in [2.75, 3.05) is 71.0 Å². The number of aryl methyl sites for hydroxylation is 2. The van der Waals surface area contributed by atoms with E-state index in [4.69, 9.17) is 18.9 Å². The van der Waals surface area contributed by atoms with Crippen molar-refractivity contribution < 1.29 is 13.9 Å². The summed E-state index contributed by atoms with van der Waals surface area (Å²) < 4.78 is 21.5. The van der Waals surface area contributed by atoms with Gasteiger partial charge in [-0.3, -0.25) is 9.80 Å². The second-order valence-electron chi connectivity index (χ2n) is 11.7. The molecule has 1 N–H and O–H groups in total. The zero-order valence-electron chi connectivity index (χ0n) is 25.8. The average Bonchev–Trinajstić information content (AvgIpc) is 3.83. The van der Waals surface area contributed by atoms with E-state index in [-0.39, 0.29) is 12.4 Å². The number of furan rings is 1. The van der Waals surface area contributed by atoms with Gasteiger partial charge in [-0.05, 0) is 72.1 Å². The Morgan fingerprint density at radius 3 is 1.89 bits per heavy atom. The quantitative estimate of drug-likeness (QED) is 0.138. The first kappa shape index (κ1) is 31.4. The molecule has 0 radical (unpaired) electrons. The van der Waals surface area contributed by atoms with Crippen LogP contribution >= 0.6 is 12.4 Å². The van der Waals surface area contributed by atoms with E-state index in [0.717, 1.165) is 103 Å². The highest BCUT2D eigenvalue weighted by atomic mass is 35.5. The Kier molecular flexibility index (Phi) is 10.5. The largest absolute Gasteiger partial charge is 0.461 e. The Morgan fingerprint density at radius 2 is 1.29 bits per heavy atom.